The van der Waals surface area contributed by atoms with Crippen LogP contribution in [-0.2, 0) is 22.4 Å². The summed E-state index contributed by atoms with van der Waals surface area (Å²) < 4.78 is 27.3. The largest absolute Gasteiger partial charge is 0.344 e. The molecule has 2 atom stereocenters. The molecule has 0 unspecified atom stereocenters. The molecule has 0 saturated carbocycles. The summed E-state index contributed by atoms with van der Waals surface area (Å²) in [4.78, 5) is 26.9. The number of likely N-dealkylation sites (tertiary alicyclic amines) is 1. The second-order valence-electron chi connectivity index (χ2n) is 7.28. The highest BCUT2D eigenvalue weighted by Crippen LogP contribution is 2.36. The monoisotopic (exact) mass is 370 g/mol. The van der Waals surface area contributed by atoms with E-state index in [1.54, 1.807) is 7.05 Å². The van der Waals surface area contributed by atoms with Crippen LogP contribution in [0.4, 0.5) is 14.5 Å². The first-order valence-electron chi connectivity index (χ1n) is 9.07. The van der Waals surface area contributed by atoms with Gasteiger partial charge in [0, 0.05) is 19.5 Å². The minimum Gasteiger partial charge on any atom is -0.344 e. The van der Waals surface area contributed by atoms with Crippen LogP contribution in [0.2, 0.25) is 0 Å². The van der Waals surface area contributed by atoms with Gasteiger partial charge in [0.05, 0.1) is 5.69 Å². The summed E-state index contributed by atoms with van der Waals surface area (Å²) >= 11 is 0. The maximum absolute atomic E-state index is 13.9. The van der Waals surface area contributed by atoms with Crippen molar-refractivity contribution in [3.63, 3.8) is 0 Å². The normalized spacial score (nSPS) is 21.4. The van der Waals surface area contributed by atoms with E-state index in [1.165, 1.54) is 28.2 Å². The second-order valence-corrected chi connectivity index (χ2v) is 7.28. The Hall–Kier alpha value is -2.76. The maximum atomic E-state index is 13.9. The van der Waals surface area contributed by atoms with Crippen molar-refractivity contribution in [2.45, 2.75) is 25.2 Å². The molecule has 0 spiro atoms. The maximum Gasteiger partial charge on any atom is 0.237 e. The van der Waals surface area contributed by atoms with Crippen molar-refractivity contribution in [3.8, 4) is 0 Å². The van der Waals surface area contributed by atoms with Crippen molar-refractivity contribution in [3.05, 3.63) is 64.7 Å². The minimum absolute atomic E-state index is 0.255. The molecule has 4 rings (SSSR count). The molecule has 6 heteroatoms. The van der Waals surface area contributed by atoms with Gasteiger partial charge in [0.2, 0.25) is 11.8 Å². The first-order valence-corrected chi connectivity index (χ1v) is 9.07. The number of nitrogens with zero attached hydrogens (tertiary/aromatic N) is 1. The van der Waals surface area contributed by atoms with Crippen LogP contribution in [0.1, 0.15) is 29.0 Å². The Kier molecular flexibility index (Phi) is 4.42. The topological polar surface area (TPSA) is 49.4 Å². The first-order chi connectivity index (χ1) is 13.0. The number of anilines is 1. The predicted molar refractivity (Wildman–Crippen MR) is 97.3 cm³/mol. The summed E-state index contributed by atoms with van der Waals surface area (Å²) in [7, 11) is 1.65. The van der Waals surface area contributed by atoms with E-state index in [0.29, 0.717) is 6.54 Å². The van der Waals surface area contributed by atoms with Gasteiger partial charge in [-0.1, -0.05) is 24.3 Å². The van der Waals surface area contributed by atoms with Crippen LogP contribution >= 0.6 is 0 Å². The van der Waals surface area contributed by atoms with Gasteiger partial charge in [-0.05, 0) is 48.1 Å². The second kappa shape index (κ2) is 6.76. The van der Waals surface area contributed by atoms with Gasteiger partial charge in [-0.3, -0.25) is 9.59 Å². The zero-order valence-corrected chi connectivity index (χ0v) is 15.0. The number of aryl methyl sites for hydroxylation is 2. The van der Waals surface area contributed by atoms with E-state index in [9.17, 15) is 18.4 Å². The summed E-state index contributed by atoms with van der Waals surface area (Å²) in [5.74, 6) is -4.37. The SMILES string of the molecule is CN1C[C@H](c2ccc3c(c2)CCC3)[C@@H](C(=O)Nc2cccc(F)c2F)C1=O. The van der Waals surface area contributed by atoms with Crippen LogP contribution in [0.3, 0.4) is 0 Å². The number of carbonyl (C=O) groups is 2. The van der Waals surface area contributed by atoms with Crippen LogP contribution in [0.15, 0.2) is 36.4 Å². The Bertz CT molecular complexity index is 928. The summed E-state index contributed by atoms with van der Waals surface area (Å²) in [6.45, 7) is 0.418. The average Bonchev–Trinajstić information content (AvgIpc) is 3.23. The number of hydrogen-bond donors (Lipinski definition) is 1. The summed E-state index contributed by atoms with van der Waals surface area (Å²) in [5.41, 5.74) is 3.27. The number of carbonyl (C=O) groups excluding carboxylic acids is 2. The minimum atomic E-state index is -1.13. The fraction of sp³-hybridized carbons (Fsp3) is 0.333. The molecule has 0 bridgehead atoms. The van der Waals surface area contributed by atoms with Gasteiger partial charge in [0.15, 0.2) is 11.6 Å². The molecule has 1 saturated heterocycles. The van der Waals surface area contributed by atoms with Gasteiger partial charge in [-0.15, -0.1) is 0 Å². The number of amides is 2. The van der Waals surface area contributed by atoms with Gasteiger partial charge < -0.3 is 10.2 Å². The Morgan fingerprint density at radius 2 is 1.93 bits per heavy atom. The van der Waals surface area contributed by atoms with Gasteiger partial charge in [-0.2, -0.15) is 0 Å². The lowest BCUT2D eigenvalue weighted by Crippen LogP contribution is -2.33. The van der Waals surface area contributed by atoms with E-state index >= 15 is 0 Å². The molecule has 4 nitrogen and oxygen atoms in total. The zero-order chi connectivity index (χ0) is 19.1. The van der Waals surface area contributed by atoms with Crippen molar-refractivity contribution in [1.82, 2.24) is 4.90 Å². The van der Waals surface area contributed by atoms with Crippen LogP contribution < -0.4 is 5.32 Å². The summed E-state index contributed by atoms with van der Waals surface area (Å²) in [6.07, 6.45) is 3.18. The number of benzene rings is 2. The molecule has 2 aliphatic rings. The lowest BCUT2D eigenvalue weighted by molar-refractivity contribution is -0.135. The molecule has 1 heterocycles. The number of nitrogens with one attached hydrogen (secondary N) is 1. The molecule has 2 aromatic rings. The lowest BCUT2D eigenvalue weighted by atomic mass is 9.86. The molecule has 140 valence electrons. The summed E-state index contributed by atoms with van der Waals surface area (Å²) in [6, 6.07) is 9.71. The van der Waals surface area contributed by atoms with E-state index in [2.05, 4.69) is 17.4 Å². The van der Waals surface area contributed by atoms with Crippen LogP contribution in [0, 0.1) is 17.6 Å². The highest BCUT2D eigenvalue weighted by atomic mass is 19.2. The average molecular weight is 370 g/mol. The van der Waals surface area contributed by atoms with Crippen molar-refractivity contribution in [2.75, 3.05) is 18.9 Å². The number of likely N-dealkylation sites (N-methyl/N-ethyl adjacent to an activating group) is 1. The van der Waals surface area contributed by atoms with Gasteiger partial charge in [0.1, 0.15) is 5.92 Å². The van der Waals surface area contributed by atoms with Crippen molar-refractivity contribution >= 4 is 17.5 Å². The smallest absolute Gasteiger partial charge is 0.237 e. The molecule has 27 heavy (non-hydrogen) atoms. The quantitative estimate of drug-likeness (QED) is 0.843. The Morgan fingerprint density at radius 3 is 2.74 bits per heavy atom. The van der Waals surface area contributed by atoms with E-state index in [4.69, 9.17) is 0 Å². The number of rotatable bonds is 3. The molecule has 1 fully saturated rings. The standard InChI is InChI=1S/C21H20F2N2O2/c1-25-11-15(14-9-8-12-4-2-5-13(12)10-14)18(21(25)27)20(26)24-17-7-3-6-16(22)19(17)23/h3,6-10,15,18H,2,4-5,11H2,1H3,(H,24,26)/t15-,18+/m1/s1. The molecular formula is C21H20F2N2O2. The highest BCUT2D eigenvalue weighted by Gasteiger charge is 2.44. The number of fused-ring (bicyclic) bond motifs is 1. The van der Waals surface area contributed by atoms with Gasteiger partial charge >= 0.3 is 0 Å². The highest BCUT2D eigenvalue weighted by molar-refractivity contribution is 6.08. The molecular weight excluding hydrogens is 350 g/mol. The molecule has 1 aliphatic heterocycles. The number of hydrogen-bond acceptors (Lipinski definition) is 2. The van der Waals surface area contributed by atoms with Gasteiger partial charge in [-0.25, -0.2) is 8.78 Å². The third-order valence-electron chi connectivity index (χ3n) is 5.56. The van der Waals surface area contributed by atoms with Crippen LogP contribution in [0.25, 0.3) is 0 Å². The predicted octanol–water partition coefficient (Wildman–Crippen LogP) is 3.26. The first kappa shape index (κ1) is 17.6. The van der Waals surface area contributed by atoms with E-state index in [0.717, 1.165) is 30.9 Å². The molecule has 1 N–H and O–H groups in total. The van der Waals surface area contributed by atoms with E-state index in [-0.39, 0.29) is 17.5 Å². The van der Waals surface area contributed by atoms with Crippen molar-refractivity contribution < 1.29 is 18.4 Å². The zero-order valence-electron chi connectivity index (χ0n) is 15.0. The van der Waals surface area contributed by atoms with E-state index in [1.807, 2.05) is 6.07 Å². The third-order valence-corrected chi connectivity index (χ3v) is 5.56. The molecule has 0 radical (unpaired) electrons. The fourth-order valence-electron chi connectivity index (χ4n) is 4.13. The Labute approximate surface area is 156 Å². The van der Waals surface area contributed by atoms with E-state index < -0.39 is 23.5 Å². The van der Waals surface area contributed by atoms with Crippen molar-refractivity contribution in [1.29, 1.82) is 0 Å². The summed E-state index contributed by atoms with van der Waals surface area (Å²) in [5, 5.41) is 2.39. The molecule has 2 aromatic carbocycles. The lowest BCUT2D eigenvalue weighted by Gasteiger charge is -2.18. The Balaban J connectivity index is 1.63. The Morgan fingerprint density at radius 1 is 1.15 bits per heavy atom. The van der Waals surface area contributed by atoms with Crippen molar-refractivity contribution in [2.24, 2.45) is 5.92 Å². The van der Waals surface area contributed by atoms with Gasteiger partial charge in [0.25, 0.3) is 0 Å². The third kappa shape index (κ3) is 3.09. The fourth-order valence-corrected chi connectivity index (χ4v) is 4.13. The molecule has 1 aliphatic carbocycles. The molecule has 2 amide bonds. The van der Waals surface area contributed by atoms with Crippen LogP contribution in [0.5, 0.6) is 0 Å². The number of halogens is 2. The molecule has 0 aromatic heterocycles. The van der Waals surface area contributed by atoms with Crippen LogP contribution in [-0.4, -0.2) is 30.3 Å².